The molecule has 1 aliphatic carbocycles. The first kappa shape index (κ1) is 17.3. The van der Waals surface area contributed by atoms with Crippen molar-refractivity contribution in [3.63, 3.8) is 0 Å². The topological polar surface area (TPSA) is 49.0 Å². The van der Waals surface area contributed by atoms with E-state index in [2.05, 4.69) is 30.0 Å². The van der Waals surface area contributed by atoms with Gasteiger partial charge in [-0.25, -0.2) is 4.98 Å². The van der Waals surface area contributed by atoms with Crippen LogP contribution in [0.5, 0.6) is 5.75 Å². The van der Waals surface area contributed by atoms with Crippen LogP contribution in [0.2, 0.25) is 0 Å². The Balaban J connectivity index is 1.43. The van der Waals surface area contributed by atoms with E-state index in [0.717, 1.165) is 28.1 Å². The number of nitrogens with zero attached hydrogens (tertiary/aromatic N) is 3. The van der Waals surface area contributed by atoms with Crippen LogP contribution in [0, 0.1) is 6.92 Å². The highest BCUT2D eigenvalue weighted by molar-refractivity contribution is 7.10. The van der Waals surface area contributed by atoms with Gasteiger partial charge in [0.1, 0.15) is 18.2 Å². The van der Waals surface area contributed by atoms with E-state index >= 15 is 0 Å². The number of fused-ring (bicyclic) bond motifs is 1. The molecule has 1 fully saturated rings. The first-order valence-electron chi connectivity index (χ1n) is 9.45. The third-order valence-electron chi connectivity index (χ3n) is 5.37. The normalized spacial score (nSPS) is 13.9. The molecule has 0 amide bonds. The van der Waals surface area contributed by atoms with E-state index in [0.29, 0.717) is 18.3 Å². The zero-order valence-electron chi connectivity index (χ0n) is 15.9. The Kier molecular flexibility index (Phi) is 4.09. The summed E-state index contributed by atoms with van der Waals surface area (Å²) in [4.78, 5) is 18.7. The van der Waals surface area contributed by atoms with Crippen LogP contribution in [-0.4, -0.2) is 14.1 Å². The lowest BCUT2D eigenvalue weighted by molar-refractivity contribution is 0.305. The Morgan fingerprint density at radius 3 is 2.79 bits per heavy atom. The highest BCUT2D eigenvalue weighted by atomic mass is 32.1. The van der Waals surface area contributed by atoms with Crippen LogP contribution in [0.3, 0.4) is 0 Å². The van der Waals surface area contributed by atoms with Gasteiger partial charge in [-0.3, -0.25) is 9.36 Å². The fraction of sp³-hybridized carbons (Fsp3) is 0.273. The van der Waals surface area contributed by atoms with E-state index in [1.54, 1.807) is 28.2 Å². The summed E-state index contributed by atoms with van der Waals surface area (Å²) in [5.74, 6) is 2.32. The maximum absolute atomic E-state index is 12.7. The molecule has 0 saturated heterocycles. The summed E-state index contributed by atoms with van der Waals surface area (Å²) >= 11 is 1.70. The zero-order chi connectivity index (χ0) is 19.3. The lowest BCUT2D eigenvalue weighted by Gasteiger charge is -2.09. The zero-order valence-corrected chi connectivity index (χ0v) is 16.7. The molecule has 5 rings (SSSR count). The molecule has 1 saturated carbocycles. The number of hydrogen-bond donors (Lipinski definition) is 0. The predicted molar refractivity (Wildman–Crippen MR) is 112 cm³/mol. The molecule has 3 aromatic heterocycles. The number of benzene rings is 1. The Morgan fingerprint density at radius 2 is 2.07 bits per heavy atom. The lowest BCUT2D eigenvalue weighted by atomic mass is 10.2. The van der Waals surface area contributed by atoms with Gasteiger partial charge in [0.05, 0.1) is 16.7 Å². The Labute approximate surface area is 166 Å². The van der Waals surface area contributed by atoms with Gasteiger partial charge in [-0.15, -0.1) is 11.3 Å². The first-order chi connectivity index (χ1) is 13.6. The largest absolute Gasteiger partial charge is 0.489 e. The van der Waals surface area contributed by atoms with Crippen LogP contribution in [0.4, 0.5) is 0 Å². The Hall–Kier alpha value is -2.86. The van der Waals surface area contributed by atoms with Crippen molar-refractivity contribution in [2.24, 2.45) is 7.05 Å². The minimum Gasteiger partial charge on any atom is -0.489 e. The molecule has 5 nitrogen and oxygen atoms in total. The predicted octanol–water partition coefficient (Wildman–Crippen LogP) is 4.55. The van der Waals surface area contributed by atoms with Crippen molar-refractivity contribution in [1.82, 2.24) is 14.1 Å². The minimum absolute atomic E-state index is 0.108. The maximum Gasteiger partial charge on any atom is 0.258 e. The molecule has 0 radical (unpaired) electrons. The van der Waals surface area contributed by atoms with Crippen LogP contribution in [0.25, 0.3) is 16.7 Å². The molecule has 0 spiro atoms. The molecule has 6 heteroatoms. The van der Waals surface area contributed by atoms with Gasteiger partial charge >= 0.3 is 0 Å². The van der Waals surface area contributed by atoms with Gasteiger partial charge in [0, 0.05) is 35.7 Å². The van der Waals surface area contributed by atoms with Crippen molar-refractivity contribution in [3.8, 4) is 11.4 Å². The molecule has 142 valence electrons. The van der Waals surface area contributed by atoms with Crippen LogP contribution in [0.15, 0.2) is 52.8 Å². The van der Waals surface area contributed by atoms with Crippen molar-refractivity contribution in [3.05, 3.63) is 74.6 Å². The second-order valence-electron chi connectivity index (χ2n) is 7.34. The summed E-state index contributed by atoms with van der Waals surface area (Å²) in [6, 6.07) is 11.4. The Bertz CT molecular complexity index is 1230. The van der Waals surface area contributed by atoms with E-state index in [1.807, 2.05) is 24.3 Å². The average molecular weight is 391 g/mol. The van der Waals surface area contributed by atoms with Crippen molar-refractivity contribution >= 4 is 22.4 Å². The first-order valence-corrected chi connectivity index (χ1v) is 10.3. The van der Waals surface area contributed by atoms with E-state index < -0.39 is 0 Å². The van der Waals surface area contributed by atoms with Gasteiger partial charge in [0.25, 0.3) is 5.56 Å². The second kappa shape index (κ2) is 6.63. The van der Waals surface area contributed by atoms with Gasteiger partial charge in [-0.05, 0) is 55.5 Å². The number of aromatic nitrogens is 3. The smallest absolute Gasteiger partial charge is 0.258 e. The van der Waals surface area contributed by atoms with Gasteiger partial charge in [0.15, 0.2) is 0 Å². The van der Waals surface area contributed by atoms with Crippen LogP contribution in [0.1, 0.15) is 35.0 Å². The number of pyridine rings is 1. The van der Waals surface area contributed by atoms with Crippen molar-refractivity contribution in [2.45, 2.75) is 32.3 Å². The molecular formula is C22H21N3O2S. The summed E-state index contributed by atoms with van der Waals surface area (Å²) in [6.07, 6.45) is 4.21. The molecule has 0 bridgehead atoms. The summed E-state index contributed by atoms with van der Waals surface area (Å²) in [6.45, 7) is 2.55. The summed E-state index contributed by atoms with van der Waals surface area (Å²) in [5.41, 5.74) is 3.92. The highest BCUT2D eigenvalue weighted by Crippen LogP contribution is 2.40. The molecule has 0 atom stereocenters. The third-order valence-corrected chi connectivity index (χ3v) is 6.26. The van der Waals surface area contributed by atoms with Gasteiger partial charge in [-0.2, -0.15) is 0 Å². The molecule has 3 heterocycles. The number of ether oxygens (including phenoxy) is 1. The fourth-order valence-electron chi connectivity index (χ4n) is 3.54. The molecule has 0 unspecified atom stereocenters. The van der Waals surface area contributed by atoms with E-state index in [1.165, 1.54) is 17.7 Å². The van der Waals surface area contributed by atoms with Crippen molar-refractivity contribution in [1.29, 1.82) is 0 Å². The molecule has 1 aromatic carbocycles. The average Bonchev–Trinajstić information content (AvgIpc) is 3.37. The molecule has 28 heavy (non-hydrogen) atoms. The van der Waals surface area contributed by atoms with Crippen molar-refractivity contribution < 1.29 is 4.74 Å². The fourth-order valence-corrected chi connectivity index (χ4v) is 4.25. The van der Waals surface area contributed by atoms with Crippen molar-refractivity contribution in [2.75, 3.05) is 0 Å². The number of hydrogen-bond acceptors (Lipinski definition) is 4. The number of thiophene rings is 1. The monoisotopic (exact) mass is 391 g/mol. The van der Waals surface area contributed by atoms with Gasteiger partial charge in [0.2, 0.25) is 0 Å². The molecule has 1 aliphatic rings. The van der Waals surface area contributed by atoms with Crippen LogP contribution in [-0.2, 0) is 13.7 Å². The van der Waals surface area contributed by atoms with E-state index in [-0.39, 0.29) is 5.56 Å². The summed E-state index contributed by atoms with van der Waals surface area (Å²) in [5, 5.41) is 2.05. The quantitative estimate of drug-likeness (QED) is 0.501. The van der Waals surface area contributed by atoms with Crippen LogP contribution >= 0.6 is 11.3 Å². The molecule has 0 aliphatic heterocycles. The SMILES string of the molecule is Cc1sccc1COc1ccn(-c2ccc3nc(C4CC4)n(C)c3c2)c(=O)c1. The van der Waals surface area contributed by atoms with E-state index in [4.69, 9.17) is 9.72 Å². The van der Waals surface area contributed by atoms with Crippen LogP contribution < -0.4 is 10.3 Å². The third kappa shape index (κ3) is 3.03. The Morgan fingerprint density at radius 1 is 1.21 bits per heavy atom. The second-order valence-corrected chi connectivity index (χ2v) is 8.46. The summed E-state index contributed by atoms with van der Waals surface area (Å²) < 4.78 is 9.61. The number of aryl methyl sites for hydroxylation is 2. The number of imidazole rings is 1. The van der Waals surface area contributed by atoms with Gasteiger partial charge < -0.3 is 9.30 Å². The maximum atomic E-state index is 12.7. The molecule has 0 N–H and O–H groups in total. The van der Waals surface area contributed by atoms with E-state index in [9.17, 15) is 4.79 Å². The number of rotatable bonds is 5. The lowest BCUT2D eigenvalue weighted by Crippen LogP contribution is -2.16. The van der Waals surface area contributed by atoms with Gasteiger partial charge in [-0.1, -0.05) is 0 Å². The highest BCUT2D eigenvalue weighted by Gasteiger charge is 2.28. The molecule has 4 aromatic rings. The summed E-state index contributed by atoms with van der Waals surface area (Å²) in [7, 11) is 2.05. The minimum atomic E-state index is -0.108. The molecular weight excluding hydrogens is 370 g/mol. The standard InChI is InChI=1S/C22H21N3O2S/c1-14-16(8-10-28-14)13-27-18-7-9-25(21(26)12-18)17-5-6-19-20(11-17)24(2)22(23-19)15-3-4-15/h5-12,15H,3-4,13H2,1-2H3.